The van der Waals surface area contributed by atoms with Crippen LogP contribution in [0.5, 0.6) is 0 Å². The molecule has 0 aliphatic heterocycles. The summed E-state index contributed by atoms with van der Waals surface area (Å²) < 4.78 is 0. The molecule has 1 amide bonds. The van der Waals surface area contributed by atoms with Gasteiger partial charge in [-0.05, 0) is 50.7 Å². The van der Waals surface area contributed by atoms with E-state index in [9.17, 15) is 14.7 Å². The van der Waals surface area contributed by atoms with Crippen LogP contribution in [0.2, 0.25) is 0 Å². The minimum atomic E-state index is -0.799. The predicted molar refractivity (Wildman–Crippen MR) is 81.2 cm³/mol. The first kappa shape index (κ1) is 15.5. The van der Waals surface area contributed by atoms with E-state index in [1.807, 2.05) is 19.1 Å². The van der Waals surface area contributed by atoms with Gasteiger partial charge in [-0.2, -0.15) is 0 Å². The molecule has 0 saturated heterocycles. The van der Waals surface area contributed by atoms with Gasteiger partial charge in [0.1, 0.15) is 0 Å². The van der Waals surface area contributed by atoms with Gasteiger partial charge in [0, 0.05) is 12.1 Å². The average Bonchev–Trinajstić information content (AvgIpc) is 2.47. The van der Waals surface area contributed by atoms with Crippen molar-refractivity contribution >= 4 is 11.9 Å². The highest BCUT2D eigenvalue weighted by molar-refractivity contribution is 5.94. The molecule has 1 saturated carbocycles. The van der Waals surface area contributed by atoms with Crippen molar-refractivity contribution in [3.8, 4) is 0 Å². The first-order valence-corrected chi connectivity index (χ1v) is 7.51. The number of nitrogens with one attached hydrogen (secondary N) is 1. The number of rotatable bonds is 4. The number of carbonyl (C=O) groups excluding carboxylic acids is 1. The molecule has 1 aromatic rings. The zero-order valence-electron chi connectivity index (χ0n) is 12.7. The lowest BCUT2D eigenvalue weighted by atomic mass is 9.71. The van der Waals surface area contributed by atoms with Crippen molar-refractivity contribution < 1.29 is 14.7 Å². The van der Waals surface area contributed by atoms with Gasteiger partial charge in [0.15, 0.2) is 0 Å². The monoisotopic (exact) mass is 289 g/mol. The Balaban J connectivity index is 2.00. The van der Waals surface area contributed by atoms with Crippen molar-refractivity contribution in [1.82, 2.24) is 5.32 Å². The Kier molecular flexibility index (Phi) is 4.66. The molecule has 0 heterocycles. The lowest BCUT2D eigenvalue weighted by Gasteiger charge is -2.35. The van der Waals surface area contributed by atoms with Crippen LogP contribution < -0.4 is 5.32 Å². The number of hydrogen-bond acceptors (Lipinski definition) is 2. The van der Waals surface area contributed by atoms with Gasteiger partial charge >= 0.3 is 5.97 Å². The molecule has 0 bridgehead atoms. The predicted octanol–water partition coefficient (Wildman–Crippen LogP) is 3.01. The lowest BCUT2D eigenvalue weighted by Crippen LogP contribution is -2.45. The summed E-state index contributed by atoms with van der Waals surface area (Å²) in [6.45, 7) is 4.32. The van der Waals surface area contributed by atoms with Gasteiger partial charge < -0.3 is 10.4 Å². The maximum Gasteiger partial charge on any atom is 0.311 e. The molecule has 2 rings (SSSR count). The van der Waals surface area contributed by atoms with Gasteiger partial charge in [0.05, 0.1) is 5.41 Å². The van der Waals surface area contributed by atoms with Gasteiger partial charge in [0.25, 0.3) is 5.91 Å². The first-order chi connectivity index (χ1) is 9.93. The molecule has 4 nitrogen and oxygen atoms in total. The highest BCUT2D eigenvalue weighted by Crippen LogP contribution is 2.38. The van der Waals surface area contributed by atoms with Crippen LogP contribution in [0.1, 0.15) is 48.5 Å². The zero-order chi connectivity index (χ0) is 15.5. The van der Waals surface area contributed by atoms with E-state index < -0.39 is 11.4 Å². The fourth-order valence-electron chi connectivity index (χ4n) is 2.84. The number of aryl methyl sites for hydroxylation is 1. The number of carboxylic acid groups (broad SMARTS) is 1. The molecular formula is C17H23NO3. The molecule has 114 valence electrons. The summed E-state index contributed by atoms with van der Waals surface area (Å²) in [4.78, 5) is 23.7. The summed E-state index contributed by atoms with van der Waals surface area (Å²) >= 11 is 0. The van der Waals surface area contributed by atoms with E-state index in [4.69, 9.17) is 0 Å². The summed E-state index contributed by atoms with van der Waals surface area (Å²) in [6, 6.07) is 7.29. The summed E-state index contributed by atoms with van der Waals surface area (Å²) in [6.07, 6.45) is 3.09. The van der Waals surface area contributed by atoms with Crippen LogP contribution in [0, 0.1) is 18.3 Å². The maximum absolute atomic E-state index is 12.1. The smallest absolute Gasteiger partial charge is 0.311 e. The Labute approximate surface area is 125 Å². The topological polar surface area (TPSA) is 66.4 Å². The van der Waals surface area contributed by atoms with Crippen molar-refractivity contribution in [2.24, 2.45) is 11.3 Å². The molecule has 0 aromatic heterocycles. The fourth-order valence-corrected chi connectivity index (χ4v) is 2.84. The van der Waals surface area contributed by atoms with Crippen molar-refractivity contribution in [2.45, 2.75) is 39.5 Å². The van der Waals surface area contributed by atoms with E-state index >= 15 is 0 Å². The molecule has 4 heteroatoms. The molecule has 2 N–H and O–H groups in total. The molecule has 0 spiro atoms. The Morgan fingerprint density at radius 3 is 2.33 bits per heavy atom. The van der Waals surface area contributed by atoms with Gasteiger partial charge in [0.2, 0.25) is 0 Å². The molecule has 0 unspecified atom stereocenters. The van der Waals surface area contributed by atoms with E-state index in [-0.39, 0.29) is 12.5 Å². The largest absolute Gasteiger partial charge is 0.481 e. The number of carboxylic acids is 1. The third-order valence-electron chi connectivity index (χ3n) is 4.59. The molecular weight excluding hydrogens is 266 g/mol. The van der Waals surface area contributed by atoms with E-state index in [1.54, 1.807) is 12.1 Å². The number of amides is 1. The summed E-state index contributed by atoms with van der Waals surface area (Å²) in [5.74, 6) is -0.418. The minimum absolute atomic E-state index is 0.200. The van der Waals surface area contributed by atoms with Gasteiger partial charge in [-0.3, -0.25) is 9.59 Å². The van der Waals surface area contributed by atoms with Crippen molar-refractivity contribution in [2.75, 3.05) is 6.54 Å². The quantitative estimate of drug-likeness (QED) is 0.895. The van der Waals surface area contributed by atoms with Crippen LogP contribution in [0.4, 0.5) is 0 Å². The third-order valence-corrected chi connectivity index (χ3v) is 4.59. The van der Waals surface area contributed by atoms with Crippen LogP contribution >= 0.6 is 0 Å². The molecule has 1 fully saturated rings. The first-order valence-electron chi connectivity index (χ1n) is 7.51. The second-order valence-corrected chi connectivity index (χ2v) is 6.32. The van der Waals surface area contributed by atoms with Gasteiger partial charge in [-0.15, -0.1) is 0 Å². The lowest BCUT2D eigenvalue weighted by molar-refractivity contribution is -0.151. The van der Waals surface area contributed by atoms with Crippen LogP contribution in [-0.4, -0.2) is 23.5 Å². The van der Waals surface area contributed by atoms with Crippen LogP contribution in [-0.2, 0) is 4.79 Å². The Hall–Kier alpha value is -1.84. The van der Waals surface area contributed by atoms with Crippen LogP contribution in [0.3, 0.4) is 0 Å². The highest BCUT2D eigenvalue weighted by Gasteiger charge is 2.41. The molecule has 1 aliphatic rings. The molecule has 21 heavy (non-hydrogen) atoms. The fraction of sp³-hybridized carbons (Fsp3) is 0.529. The Morgan fingerprint density at radius 2 is 1.81 bits per heavy atom. The molecule has 1 aromatic carbocycles. The van der Waals surface area contributed by atoms with E-state index in [0.29, 0.717) is 24.3 Å². The van der Waals surface area contributed by atoms with E-state index in [2.05, 4.69) is 12.2 Å². The SMILES string of the molecule is Cc1ccc(C(=O)NCC2(C(=O)O)CCC(C)CC2)cc1. The number of aliphatic carboxylic acids is 1. The van der Waals surface area contributed by atoms with Crippen LogP contribution in [0.15, 0.2) is 24.3 Å². The number of carbonyl (C=O) groups is 2. The zero-order valence-corrected chi connectivity index (χ0v) is 12.7. The van der Waals surface area contributed by atoms with Gasteiger partial charge in [-0.1, -0.05) is 24.6 Å². The second-order valence-electron chi connectivity index (χ2n) is 6.32. The van der Waals surface area contributed by atoms with Crippen molar-refractivity contribution in [1.29, 1.82) is 0 Å². The van der Waals surface area contributed by atoms with E-state index in [0.717, 1.165) is 18.4 Å². The van der Waals surface area contributed by atoms with E-state index in [1.165, 1.54) is 0 Å². The Morgan fingerprint density at radius 1 is 1.24 bits per heavy atom. The normalized spacial score (nSPS) is 25.3. The van der Waals surface area contributed by atoms with Crippen molar-refractivity contribution in [3.63, 3.8) is 0 Å². The van der Waals surface area contributed by atoms with Crippen LogP contribution in [0.25, 0.3) is 0 Å². The van der Waals surface area contributed by atoms with Gasteiger partial charge in [-0.25, -0.2) is 0 Å². The molecule has 1 aliphatic carbocycles. The average molecular weight is 289 g/mol. The third kappa shape index (κ3) is 3.63. The standard InChI is InChI=1S/C17H23NO3/c1-12-3-5-14(6-4-12)15(19)18-11-17(16(20)21)9-7-13(2)8-10-17/h3-6,13H,7-11H2,1-2H3,(H,18,19)(H,20,21). The summed E-state index contributed by atoms with van der Waals surface area (Å²) in [5.41, 5.74) is 0.868. The summed E-state index contributed by atoms with van der Waals surface area (Å²) in [7, 11) is 0. The number of hydrogen-bond donors (Lipinski definition) is 2. The maximum atomic E-state index is 12.1. The van der Waals surface area contributed by atoms with Crippen molar-refractivity contribution in [3.05, 3.63) is 35.4 Å². The number of benzene rings is 1. The molecule has 0 atom stereocenters. The highest BCUT2D eigenvalue weighted by atomic mass is 16.4. The Bertz CT molecular complexity index is 513. The second kappa shape index (κ2) is 6.29. The molecule has 0 radical (unpaired) electrons. The summed E-state index contributed by atoms with van der Waals surface area (Å²) in [5, 5.41) is 12.3. The minimum Gasteiger partial charge on any atom is -0.481 e.